The highest BCUT2D eigenvalue weighted by Gasteiger charge is 2.27. The Morgan fingerprint density at radius 2 is 1.93 bits per heavy atom. The third kappa shape index (κ3) is 3.40. The zero-order valence-electron chi connectivity index (χ0n) is 15.6. The van der Waals surface area contributed by atoms with Gasteiger partial charge in [0.25, 0.3) is 0 Å². The SMILES string of the molecule is COc1ccc2c(N(Cc3ccccc3)[C@H]3CCOC3)ncnc2c1OC. The van der Waals surface area contributed by atoms with Crippen LogP contribution < -0.4 is 14.4 Å². The Bertz CT molecular complexity index is 911. The average Bonchev–Trinajstić information content (AvgIpc) is 3.26. The molecule has 0 bridgehead atoms. The highest BCUT2D eigenvalue weighted by atomic mass is 16.5. The molecule has 0 unspecified atom stereocenters. The van der Waals surface area contributed by atoms with Gasteiger partial charge in [0.15, 0.2) is 11.5 Å². The van der Waals surface area contributed by atoms with Gasteiger partial charge in [0.1, 0.15) is 17.7 Å². The maximum Gasteiger partial charge on any atom is 0.187 e. The number of methoxy groups -OCH3 is 2. The van der Waals surface area contributed by atoms with E-state index in [9.17, 15) is 0 Å². The number of rotatable bonds is 6. The molecule has 1 atom stereocenters. The Labute approximate surface area is 158 Å². The lowest BCUT2D eigenvalue weighted by Crippen LogP contribution is -2.36. The van der Waals surface area contributed by atoms with Crippen molar-refractivity contribution in [2.45, 2.75) is 19.0 Å². The van der Waals surface area contributed by atoms with Gasteiger partial charge in [-0.05, 0) is 24.1 Å². The van der Waals surface area contributed by atoms with Gasteiger partial charge in [-0.15, -0.1) is 0 Å². The van der Waals surface area contributed by atoms with Crippen molar-refractivity contribution in [3.05, 3.63) is 54.4 Å². The lowest BCUT2D eigenvalue weighted by Gasteiger charge is -2.30. The highest BCUT2D eigenvalue weighted by Crippen LogP contribution is 2.38. The van der Waals surface area contributed by atoms with Gasteiger partial charge in [-0.1, -0.05) is 30.3 Å². The summed E-state index contributed by atoms with van der Waals surface area (Å²) in [4.78, 5) is 11.4. The molecule has 1 aromatic heterocycles. The quantitative estimate of drug-likeness (QED) is 0.667. The van der Waals surface area contributed by atoms with Crippen molar-refractivity contribution in [1.29, 1.82) is 0 Å². The number of aromatic nitrogens is 2. The topological polar surface area (TPSA) is 56.7 Å². The van der Waals surface area contributed by atoms with Crippen molar-refractivity contribution in [3.8, 4) is 11.5 Å². The van der Waals surface area contributed by atoms with E-state index in [4.69, 9.17) is 14.2 Å². The van der Waals surface area contributed by atoms with E-state index in [-0.39, 0.29) is 6.04 Å². The van der Waals surface area contributed by atoms with Crippen LogP contribution in [0.3, 0.4) is 0 Å². The molecule has 6 heteroatoms. The number of hydrogen-bond acceptors (Lipinski definition) is 6. The summed E-state index contributed by atoms with van der Waals surface area (Å²) in [5.41, 5.74) is 1.98. The third-order valence-corrected chi connectivity index (χ3v) is 4.94. The zero-order chi connectivity index (χ0) is 18.6. The first-order chi connectivity index (χ1) is 13.3. The normalized spacial score (nSPS) is 16.4. The Kier molecular flexibility index (Phi) is 5.07. The first-order valence-corrected chi connectivity index (χ1v) is 9.06. The number of anilines is 1. The van der Waals surface area contributed by atoms with Gasteiger partial charge >= 0.3 is 0 Å². The second-order valence-electron chi connectivity index (χ2n) is 6.53. The summed E-state index contributed by atoms with van der Waals surface area (Å²) in [5.74, 6) is 2.18. The molecule has 2 aromatic carbocycles. The van der Waals surface area contributed by atoms with Crippen LogP contribution in [0.1, 0.15) is 12.0 Å². The summed E-state index contributed by atoms with van der Waals surface area (Å²) in [7, 11) is 3.26. The molecule has 0 spiro atoms. The highest BCUT2D eigenvalue weighted by molar-refractivity contribution is 5.95. The standard InChI is InChI=1S/C21H23N3O3/c1-25-18-9-8-17-19(20(18)26-2)22-14-23-21(17)24(16-10-11-27-13-16)12-15-6-4-3-5-7-15/h3-9,14,16H,10-13H2,1-2H3/t16-/m0/s1. The van der Waals surface area contributed by atoms with Crippen molar-refractivity contribution < 1.29 is 14.2 Å². The molecule has 1 aliphatic heterocycles. The maximum atomic E-state index is 5.66. The van der Waals surface area contributed by atoms with Gasteiger partial charge in [-0.25, -0.2) is 9.97 Å². The molecule has 0 amide bonds. The fourth-order valence-electron chi connectivity index (χ4n) is 3.58. The van der Waals surface area contributed by atoms with Crippen molar-refractivity contribution in [3.63, 3.8) is 0 Å². The second kappa shape index (κ2) is 7.80. The van der Waals surface area contributed by atoms with E-state index in [1.165, 1.54) is 5.56 Å². The van der Waals surface area contributed by atoms with Gasteiger partial charge in [-0.3, -0.25) is 0 Å². The molecule has 2 heterocycles. The molecule has 0 aliphatic carbocycles. The fourth-order valence-corrected chi connectivity index (χ4v) is 3.58. The van der Waals surface area contributed by atoms with Crippen LogP contribution in [0, 0.1) is 0 Å². The maximum absolute atomic E-state index is 5.66. The summed E-state index contributed by atoms with van der Waals surface area (Å²) in [6.45, 7) is 2.23. The lowest BCUT2D eigenvalue weighted by molar-refractivity contribution is 0.193. The molecule has 0 N–H and O–H groups in total. The fraction of sp³-hybridized carbons (Fsp3) is 0.333. The minimum atomic E-state index is 0.274. The van der Waals surface area contributed by atoms with Crippen molar-refractivity contribution >= 4 is 16.7 Å². The number of fused-ring (bicyclic) bond motifs is 1. The van der Waals surface area contributed by atoms with Crippen LogP contribution in [0.5, 0.6) is 11.5 Å². The van der Waals surface area contributed by atoms with E-state index >= 15 is 0 Å². The molecule has 27 heavy (non-hydrogen) atoms. The second-order valence-corrected chi connectivity index (χ2v) is 6.53. The summed E-state index contributed by atoms with van der Waals surface area (Å²) < 4.78 is 16.7. The van der Waals surface area contributed by atoms with Crippen LogP contribution in [-0.4, -0.2) is 43.4 Å². The van der Waals surface area contributed by atoms with Gasteiger partial charge in [-0.2, -0.15) is 0 Å². The monoisotopic (exact) mass is 365 g/mol. The molecule has 1 fully saturated rings. The van der Waals surface area contributed by atoms with Gasteiger partial charge < -0.3 is 19.1 Å². The van der Waals surface area contributed by atoms with Crippen molar-refractivity contribution in [2.24, 2.45) is 0 Å². The van der Waals surface area contributed by atoms with Crippen LogP contribution in [-0.2, 0) is 11.3 Å². The Hall–Kier alpha value is -2.86. The predicted octanol–water partition coefficient (Wildman–Crippen LogP) is 3.44. The van der Waals surface area contributed by atoms with Crippen LogP contribution in [0.15, 0.2) is 48.8 Å². The van der Waals surface area contributed by atoms with Crippen LogP contribution in [0.2, 0.25) is 0 Å². The summed E-state index contributed by atoms with van der Waals surface area (Å²) >= 11 is 0. The Morgan fingerprint density at radius 3 is 2.63 bits per heavy atom. The van der Waals surface area contributed by atoms with Gasteiger partial charge in [0.2, 0.25) is 0 Å². The Balaban J connectivity index is 1.82. The van der Waals surface area contributed by atoms with E-state index in [1.54, 1.807) is 20.5 Å². The molecule has 6 nitrogen and oxygen atoms in total. The van der Waals surface area contributed by atoms with Crippen LogP contribution in [0.25, 0.3) is 10.9 Å². The predicted molar refractivity (Wildman–Crippen MR) is 104 cm³/mol. The van der Waals surface area contributed by atoms with E-state index < -0.39 is 0 Å². The summed E-state index contributed by atoms with van der Waals surface area (Å²) in [6.07, 6.45) is 2.57. The smallest absolute Gasteiger partial charge is 0.187 e. The molecule has 1 aliphatic rings. The number of ether oxygens (including phenoxy) is 3. The van der Waals surface area contributed by atoms with E-state index in [0.29, 0.717) is 18.1 Å². The summed E-state index contributed by atoms with van der Waals surface area (Å²) in [6, 6.07) is 14.6. The van der Waals surface area contributed by atoms with Crippen LogP contribution in [0.4, 0.5) is 5.82 Å². The molecule has 4 rings (SSSR count). The average molecular weight is 365 g/mol. The van der Waals surface area contributed by atoms with E-state index in [2.05, 4.69) is 39.1 Å². The number of benzene rings is 2. The van der Waals surface area contributed by atoms with Gasteiger partial charge in [0.05, 0.1) is 26.9 Å². The van der Waals surface area contributed by atoms with Crippen LogP contribution >= 0.6 is 0 Å². The number of nitrogens with zero attached hydrogens (tertiary/aromatic N) is 3. The molecule has 1 saturated heterocycles. The van der Waals surface area contributed by atoms with Gasteiger partial charge in [0, 0.05) is 18.5 Å². The van der Waals surface area contributed by atoms with E-state index in [0.717, 1.165) is 36.3 Å². The first-order valence-electron chi connectivity index (χ1n) is 9.06. The minimum absolute atomic E-state index is 0.274. The van der Waals surface area contributed by atoms with E-state index in [1.807, 2.05) is 18.2 Å². The molecular weight excluding hydrogens is 342 g/mol. The minimum Gasteiger partial charge on any atom is -0.493 e. The molecule has 0 saturated carbocycles. The lowest BCUT2D eigenvalue weighted by atomic mass is 10.1. The Morgan fingerprint density at radius 1 is 1.07 bits per heavy atom. The zero-order valence-corrected chi connectivity index (χ0v) is 15.6. The third-order valence-electron chi connectivity index (χ3n) is 4.94. The van der Waals surface area contributed by atoms with Crippen molar-refractivity contribution in [1.82, 2.24) is 9.97 Å². The molecule has 140 valence electrons. The molecule has 3 aromatic rings. The van der Waals surface area contributed by atoms with Crippen molar-refractivity contribution in [2.75, 3.05) is 32.3 Å². The largest absolute Gasteiger partial charge is 0.493 e. The summed E-state index contributed by atoms with van der Waals surface area (Å²) in [5, 5.41) is 0.943. The molecular formula is C21H23N3O3. The first kappa shape index (κ1) is 17.5. The number of hydrogen-bond donors (Lipinski definition) is 0. The molecule has 0 radical (unpaired) electrons.